The minimum Gasteiger partial charge on any atom is -0.490 e. The summed E-state index contributed by atoms with van der Waals surface area (Å²) in [4.78, 5) is 17.9. The quantitative estimate of drug-likeness (QED) is 0.169. The van der Waals surface area contributed by atoms with Gasteiger partial charge in [0.25, 0.3) is 0 Å². The van der Waals surface area contributed by atoms with E-state index in [4.69, 9.17) is 18.9 Å². The Labute approximate surface area is 212 Å². The molecule has 1 aromatic heterocycles. The van der Waals surface area contributed by atoms with Crippen LogP contribution in [0, 0.1) is 11.3 Å². The number of nitrogens with zero attached hydrogens (tertiary/aromatic N) is 1. The van der Waals surface area contributed by atoms with Crippen molar-refractivity contribution in [1.82, 2.24) is 5.32 Å². The minimum absolute atomic E-state index is 0.0190. The summed E-state index contributed by atoms with van der Waals surface area (Å²) in [6, 6.07) is 17.9. The van der Waals surface area contributed by atoms with Gasteiger partial charge in [-0.3, -0.25) is 4.57 Å². The van der Waals surface area contributed by atoms with E-state index < -0.39 is 7.60 Å². The Kier molecular flexibility index (Phi) is 10.2. The lowest BCUT2D eigenvalue weighted by atomic mass is 10.0. The van der Waals surface area contributed by atoms with Crippen molar-refractivity contribution in [2.75, 3.05) is 24.6 Å². The molecule has 192 valence electrons. The van der Waals surface area contributed by atoms with E-state index in [9.17, 15) is 9.83 Å². The van der Waals surface area contributed by atoms with Gasteiger partial charge in [-0.25, -0.2) is 0 Å². The second-order valence-electron chi connectivity index (χ2n) is 8.92. The molecule has 0 radical (unpaired) electrons. The van der Waals surface area contributed by atoms with E-state index in [1.165, 1.54) is 0 Å². The molecule has 1 heterocycles. The van der Waals surface area contributed by atoms with E-state index in [1.807, 2.05) is 56.3 Å². The smallest absolute Gasteiger partial charge is 0.325 e. The molecule has 0 spiro atoms. The number of furan rings is 1. The number of hydrogen-bond acceptors (Lipinski definition) is 6. The number of nitriles is 1. The zero-order valence-corrected chi connectivity index (χ0v) is 21.6. The fourth-order valence-corrected chi connectivity index (χ4v) is 4.40. The zero-order valence-electron chi connectivity index (χ0n) is 20.7. The summed E-state index contributed by atoms with van der Waals surface area (Å²) in [5.74, 6) is 1.38. The largest absolute Gasteiger partial charge is 0.490 e. The van der Waals surface area contributed by atoms with Crippen LogP contribution >= 0.6 is 7.60 Å². The van der Waals surface area contributed by atoms with E-state index in [0.29, 0.717) is 30.8 Å². The number of ether oxygens (including phenoxy) is 1. The molecule has 0 saturated heterocycles. The van der Waals surface area contributed by atoms with Crippen molar-refractivity contribution in [2.45, 2.75) is 45.8 Å². The minimum atomic E-state index is -3.95. The summed E-state index contributed by atoms with van der Waals surface area (Å²) >= 11 is 0. The Morgan fingerprint density at radius 1 is 1.08 bits per heavy atom. The average Bonchev–Trinajstić information content (AvgIpc) is 3.36. The van der Waals surface area contributed by atoms with Gasteiger partial charge >= 0.3 is 7.60 Å². The van der Waals surface area contributed by atoms with Gasteiger partial charge in [0.1, 0.15) is 17.6 Å². The highest BCUT2D eigenvalue weighted by molar-refractivity contribution is 7.51. The monoisotopic (exact) mass is 511 g/mol. The van der Waals surface area contributed by atoms with Crippen LogP contribution in [0.2, 0.25) is 0 Å². The van der Waals surface area contributed by atoms with Crippen LogP contribution in [-0.2, 0) is 17.5 Å². The number of benzene rings is 2. The lowest BCUT2D eigenvalue weighted by Crippen LogP contribution is -2.16. The van der Waals surface area contributed by atoms with Gasteiger partial charge in [0.2, 0.25) is 0 Å². The molecule has 4 N–H and O–H groups in total. The molecule has 0 aliphatic rings. The molecule has 0 unspecified atom stereocenters. The van der Waals surface area contributed by atoms with Crippen LogP contribution in [0.15, 0.2) is 59.2 Å². The van der Waals surface area contributed by atoms with Crippen molar-refractivity contribution in [3.05, 3.63) is 71.5 Å². The number of rotatable bonds is 14. The van der Waals surface area contributed by atoms with Gasteiger partial charge in [0.05, 0.1) is 24.1 Å². The molecule has 3 aromatic rings. The molecule has 3 rings (SSSR count). The zero-order chi connectivity index (χ0) is 26.0. The van der Waals surface area contributed by atoms with Gasteiger partial charge < -0.3 is 29.6 Å². The van der Waals surface area contributed by atoms with Crippen LogP contribution in [0.5, 0.6) is 5.75 Å². The standard InChI is InChI=1S/C27H34N3O5P/c1-20(2)35-26-11-9-21(16-23(26)18-28)6-3-13-30-25-10-8-22(17-24(25)27-7-4-14-34-27)19-29-12-5-15-36(31,32)33/h4,7-11,14,16-17,20,29-30H,3,5-6,12-13,15,19H2,1-2H3,(H2,31,32,33). The molecular formula is C27H34N3O5P. The molecule has 0 fully saturated rings. The molecule has 0 aliphatic carbocycles. The van der Waals surface area contributed by atoms with Gasteiger partial charge in [-0.05, 0) is 87.2 Å². The Balaban J connectivity index is 1.57. The lowest BCUT2D eigenvalue weighted by molar-refractivity contribution is 0.241. The Morgan fingerprint density at radius 3 is 2.58 bits per heavy atom. The highest BCUT2D eigenvalue weighted by Crippen LogP contribution is 2.34. The Hall–Kier alpha value is -3.08. The van der Waals surface area contributed by atoms with Gasteiger partial charge in [0, 0.05) is 24.3 Å². The first-order valence-corrected chi connectivity index (χ1v) is 13.9. The summed E-state index contributed by atoms with van der Waals surface area (Å²) in [5, 5.41) is 16.2. The lowest BCUT2D eigenvalue weighted by Gasteiger charge is -2.14. The topological polar surface area (TPSA) is 128 Å². The summed E-state index contributed by atoms with van der Waals surface area (Å²) in [6.07, 6.45) is 3.68. The molecule has 2 aromatic carbocycles. The van der Waals surface area contributed by atoms with Crippen LogP contribution in [0.1, 0.15) is 43.4 Å². The average molecular weight is 512 g/mol. The Morgan fingerprint density at radius 2 is 1.89 bits per heavy atom. The van der Waals surface area contributed by atoms with E-state index in [-0.39, 0.29) is 12.3 Å². The van der Waals surface area contributed by atoms with Crippen LogP contribution in [-0.4, -0.2) is 35.1 Å². The normalized spacial score (nSPS) is 11.4. The number of nitrogens with one attached hydrogen (secondary N) is 2. The van der Waals surface area contributed by atoms with Gasteiger partial charge in [0.15, 0.2) is 0 Å². The first-order chi connectivity index (χ1) is 17.2. The summed E-state index contributed by atoms with van der Waals surface area (Å²) in [7, 11) is -3.95. The predicted molar refractivity (Wildman–Crippen MR) is 141 cm³/mol. The second-order valence-corrected chi connectivity index (χ2v) is 10.7. The van der Waals surface area contributed by atoms with Crippen molar-refractivity contribution in [3.63, 3.8) is 0 Å². The van der Waals surface area contributed by atoms with Gasteiger partial charge in [-0.2, -0.15) is 5.26 Å². The highest BCUT2D eigenvalue weighted by atomic mass is 31.2. The first-order valence-electron chi connectivity index (χ1n) is 12.1. The molecule has 36 heavy (non-hydrogen) atoms. The fourth-order valence-electron chi connectivity index (χ4n) is 3.83. The van der Waals surface area contributed by atoms with Gasteiger partial charge in [-0.1, -0.05) is 12.1 Å². The van der Waals surface area contributed by atoms with Crippen molar-refractivity contribution in [2.24, 2.45) is 0 Å². The molecule has 0 aliphatic heterocycles. The third-order valence-electron chi connectivity index (χ3n) is 5.49. The van der Waals surface area contributed by atoms with Crippen molar-refractivity contribution >= 4 is 13.3 Å². The van der Waals surface area contributed by atoms with Gasteiger partial charge in [-0.15, -0.1) is 0 Å². The predicted octanol–water partition coefficient (Wildman–Crippen LogP) is 5.31. The fraction of sp³-hybridized carbons (Fsp3) is 0.370. The van der Waals surface area contributed by atoms with E-state index >= 15 is 0 Å². The van der Waals surface area contributed by atoms with Crippen LogP contribution < -0.4 is 15.4 Å². The Bertz CT molecular complexity index is 1200. The molecule has 0 bridgehead atoms. The van der Waals surface area contributed by atoms with Crippen LogP contribution in [0.4, 0.5) is 5.69 Å². The molecule has 0 amide bonds. The SMILES string of the molecule is CC(C)Oc1ccc(CCCNc2ccc(CNCCCP(=O)(O)O)cc2-c2ccco2)cc1C#N. The van der Waals surface area contributed by atoms with Crippen molar-refractivity contribution in [3.8, 4) is 23.1 Å². The maximum atomic E-state index is 11.0. The van der Waals surface area contributed by atoms with Crippen LogP contribution in [0.3, 0.4) is 0 Å². The highest BCUT2D eigenvalue weighted by Gasteiger charge is 2.12. The van der Waals surface area contributed by atoms with Crippen molar-refractivity contribution < 1.29 is 23.5 Å². The van der Waals surface area contributed by atoms with Crippen LogP contribution in [0.25, 0.3) is 11.3 Å². The molecule has 8 nitrogen and oxygen atoms in total. The van der Waals surface area contributed by atoms with Crippen molar-refractivity contribution in [1.29, 1.82) is 5.26 Å². The van der Waals surface area contributed by atoms with E-state index in [0.717, 1.165) is 47.5 Å². The molecule has 0 atom stereocenters. The molecule has 0 saturated carbocycles. The third kappa shape index (κ3) is 8.85. The third-order valence-corrected chi connectivity index (χ3v) is 6.39. The maximum Gasteiger partial charge on any atom is 0.325 e. The number of hydrogen-bond donors (Lipinski definition) is 4. The number of aryl methyl sites for hydroxylation is 1. The van der Waals surface area contributed by atoms with E-state index in [1.54, 1.807) is 6.26 Å². The summed E-state index contributed by atoms with van der Waals surface area (Å²) in [5.41, 5.74) is 4.62. The summed E-state index contributed by atoms with van der Waals surface area (Å²) < 4.78 is 22.3. The molecular weight excluding hydrogens is 477 g/mol. The summed E-state index contributed by atoms with van der Waals surface area (Å²) in [6.45, 7) is 5.75. The molecule has 9 heteroatoms. The number of anilines is 1. The first kappa shape index (κ1) is 27.5. The van der Waals surface area contributed by atoms with E-state index in [2.05, 4.69) is 22.8 Å². The second kappa shape index (κ2) is 13.3. The maximum absolute atomic E-state index is 11.0.